The van der Waals surface area contributed by atoms with Gasteiger partial charge < -0.3 is 10.1 Å². The van der Waals surface area contributed by atoms with Crippen molar-refractivity contribution in [2.45, 2.75) is 6.92 Å². The van der Waals surface area contributed by atoms with E-state index in [0.717, 1.165) is 5.56 Å². The van der Waals surface area contributed by atoms with E-state index < -0.39 is 0 Å². The van der Waals surface area contributed by atoms with Crippen LogP contribution in [0.5, 0.6) is 5.75 Å². The highest BCUT2D eigenvalue weighted by atomic mass is 35.5. The molecule has 0 unspecified atom stereocenters. The van der Waals surface area contributed by atoms with Gasteiger partial charge in [-0.3, -0.25) is 9.69 Å². The van der Waals surface area contributed by atoms with Crippen LogP contribution < -0.4 is 15.0 Å². The summed E-state index contributed by atoms with van der Waals surface area (Å²) in [6, 6.07) is 14.3. The lowest BCUT2D eigenvalue weighted by Gasteiger charge is -2.16. The maximum atomic E-state index is 12.9. The Morgan fingerprint density at radius 1 is 1.35 bits per heavy atom. The van der Waals surface area contributed by atoms with Crippen molar-refractivity contribution in [1.29, 1.82) is 5.26 Å². The summed E-state index contributed by atoms with van der Waals surface area (Å²) >= 11 is 11.3. The fourth-order valence-electron chi connectivity index (χ4n) is 2.62. The number of amides is 1. The topological polar surface area (TPSA) is 65.4 Å². The van der Waals surface area contributed by atoms with Gasteiger partial charge in [-0.2, -0.15) is 5.26 Å². The number of thiocarbonyl (C=S) groups is 1. The van der Waals surface area contributed by atoms with E-state index in [4.69, 9.17) is 33.8 Å². The Balaban J connectivity index is 1.95. The molecule has 7 heteroatoms. The van der Waals surface area contributed by atoms with E-state index in [1.54, 1.807) is 42.5 Å². The Morgan fingerprint density at radius 2 is 2.12 bits per heavy atom. The van der Waals surface area contributed by atoms with Crippen LogP contribution >= 0.6 is 23.8 Å². The highest BCUT2D eigenvalue weighted by Crippen LogP contribution is 2.29. The maximum absolute atomic E-state index is 12.9. The molecule has 1 amide bonds. The monoisotopic (exact) mass is 383 g/mol. The van der Waals surface area contributed by atoms with Gasteiger partial charge >= 0.3 is 0 Å². The van der Waals surface area contributed by atoms with Gasteiger partial charge in [0.15, 0.2) is 11.7 Å². The van der Waals surface area contributed by atoms with Crippen LogP contribution in [0.3, 0.4) is 0 Å². The third-order valence-electron chi connectivity index (χ3n) is 3.79. The van der Waals surface area contributed by atoms with Crippen molar-refractivity contribution in [3.05, 3.63) is 64.3 Å². The predicted octanol–water partition coefficient (Wildman–Crippen LogP) is 3.81. The fraction of sp³-hybridized carbons (Fsp3) is 0.105. The summed E-state index contributed by atoms with van der Waals surface area (Å²) in [5.41, 5.74) is 2.52. The zero-order chi connectivity index (χ0) is 18.7. The van der Waals surface area contributed by atoms with Gasteiger partial charge in [0.05, 0.1) is 5.69 Å². The van der Waals surface area contributed by atoms with E-state index >= 15 is 0 Å². The molecule has 3 rings (SSSR count). The van der Waals surface area contributed by atoms with Gasteiger partial charge in [-0.1, -0.05) is 29.8 Å². The molecule has 0 spiro atoms. The maximum Gasteiger partial charge on any atom is 0.281 e. The number of halogens is 1. The Hall–Kier alpha value is -2.88. The molecule has 0 aromatic heterocycles. The predicted molar refractivity (Wildman–Crippen MR) is 105 cm³/mol. The average Bonchev–Trinajstić information content (AvgIpc) is 2.88. The van der Waals surface area contributed by atoms with Crippen LogP contribution in [0.15, 0.2) is 48.2 Å². The molecule has 0 radical (unpaired) electrons. The number of benzene rings is 2. The second kappa shape index (κ2) is 7.56. The minimum absolute atomic E-state index is 0.0733. The van der Waals surface area contributed by atoms with Gasteiger partial charge in [-0.05, 0) is 55.0 Å². The summed E-state index contributed by atoms with van der Waals surface area (Å²) in [6.07, 6.45) is 1.66. The molecule has 130 valence electrons. The van der Waals surface area contributed by atoms with Crippen molar-refractivity contribution in [3.63, 3.8) is 0 Å². The van der Waals surface area contributed by atoms with Crippen LogP contribution in [-0.4, -0.2) is 17.6 Å². The summed E-state index contributed by atoms with van der Waals surface area (Å²) in [4.78, 5) is 14.3. The Morgan fingerprint density at radius 3 is 2.85 bits per heavy atom. The molecule has 2 aromatic carbocycles. The normalized spacial score (nSPS) is 15.1. The molecule has 0 saturated carbocycles. The minimum Gasteiger partial charge on any atom is -0.478 e. The molecule has 5 nitrogen and oxygen atoms in total. The lowest BCUT2D eigenvalue weighted by molar-refractivity contribution is -0.113. The Labute approximate surface area is 161 Å². The van der Waals surface area contributed by atoms with Crippen molar-refractivity contribution < 1.29 is 9.53 Å². The number of aryl methyl sites for hydroxylation is 1. The number of hydrogen-bond acceptors (Lipinski definition) is 4. The van der Waals surface area contributed by atoms with E-state index in [9.17, 15) is 4.79 Å². The van der Waals surface area contributed by atoms with Crippen molar-refractivity contribution in [2.24, 2.45) is 0 Å². The van der Waals surface area contributed by atoms with Crippen LogP contribution in [0.2, 0.25) is 5.02 Å². The Kier molecular flexibility index (Phi) is 5.21. The summed E-state index contributed by atoms with van der Waals surface area (Å²) in [6.45, 7) is 1.79. The second-order valence-corrected chi connectivity index (χ2v) is 6.37. The first-order valence-corrected chi connectivity index (χ1v) is 8.52. The quantitative estimate of drug-likeness (QED) is 0.642. The number of nitrogens with zero attached hydrogens (tertiary/aromatic N) is 2. The van der Waals surface area contributed by atoms with Gasteiger partial charge in [0.25, 0.3) is 5.91 Å². The smallest absolute Gasteiger partial charge is 0.281 e. The molecule has 0 bridgehead atoms. The third-order valence-corrected chi connectivity index (χ3v) is 4.31. The third kappa shape index (κ3) is 3.54. The fourth-order valence-corrected chi connectivity index (χ4v) is 3.14. The zero-order valence-corrected chi connectivity index (χ0v) is 15.4. The highest BCUT2D eigenvalue weighted by molar-refractivity contribution is 7.80. The first-order chi connectivity index (χ1) is 12.5. The van der Waals surface area contributed by atoms with Crippen LogP contribution in [0, 0.1) is 18.3 Å². The van der Waals surface area contributed by atoms with Crippen molar-refractivity contribution in [2.75, 3.05) is 11.5 Å². The van der Waals surface area contributed by atoms with E-state index in [2.05, 4.69) is 5.32 Å². The standard InChI is InChI=1S/C19H14ClN3O2S/c1-12-10-14(20)6-7-16(12)23-18(24)15(22-19(23)26)11-13-4-2-3-5-17(13)25-9-8-21/h2-7,10-11H,9H2,1H3,(H,22,26). The molecule has 1 heterocycles. The van der Waals surface area contributed by atoms with E-state index in [1.165, 1.54) is 4.90 Å². The molecule has 1 saturated heterocycles. The van der Waals surface area contributed by atoms with Crippen molar-refractivity contribution in [1.82, 2.24) is 5.32 Å². The molecule has 2 aromatic rings. The molecule has 1 aliphatic heterocycles. The van der Waals surface area contributed by atoms with Gasteiger partial charge in [-0.25, -0.2) is 0 Å². The largest absolute Gasteiger partial charge is 0.478 e. The Bertz CT molecular complexity index is 965. The SMILES string of the molecule is Cc1cc(Cl)ccc1N1C(=O)C(=Cc2ccccc2OCC#N)NC1=S. The summed E-state index contributed by atoms with van der Waals surface area (Å²) in [5.74, 6) is 0.249. The van der Waals surface area contributed by atoms with E-state index in [0.29, 0.717) is 32.8 Å². The number of hydrogen-bond donors (Lipinski definition) is 1. The molecular weight excluding hydrogens is 370 g/mol. The average molecular weight is 384 g/mol. The number of ether oxygens (including phenoxy) is 1. The highest BCUT2D eigenvalue weighted by Gasteiger charge is 2.33. The summed E-state index contributed by atoms with van der Waals surface area (Å²) in [7, 11) is 0. The van der Waals surface area contributed by atoms with Gasteiger partial charge in [0.2, 0.25) is 0 Å². The van der Waals surface area contributed by atoms with Crippen molar-refractivity contribution in [3.8, 4) is 11.8 Å². The molecular formula is C19H14ClN3O2S. The first-order valence-electron chi connectivity index (χ1n) is 7.73. The van der Waals surface area contributed by atoms with Gasteiger partial charge in [0.1, 0.15) is 17.5 Å². The molecule has 0 atom stereocenters. The molecule has 0 aliphatic carbocycles. The van der Waals surface area contributed by atoms with Crippen LogP contribution in [0.4, 0.5) is 5.69 Å². The molecule has 26 heavy (non-hydrogen) atoms. The number of carbonyl (C=O) groups excluding carboxylic acids is 1. The molecule has 1 N–H and O–H groups in total. The van der Waals surface area contributed by atoms with E-state index in [-0.39, 0.29) is 12.5 Å². The lowest BCUT2D eigenvalue weighted by Crippen LogP contribution is -2.30. The number of rotatable bonds is 4. The molecule has 1 aliphatic rings. The van der Waals surface area contributed by atoms with Crippen LogP contribution in [-0.2, 0) is 4.79 Å². The summed E-state index contributed by atoms with van der Waals surface area (Å²) in [5, 5.41) is 12.5. The number of para-hydroxylation sites is 1. The van der Waals surface area contributed by atoms with Gasteiger partial charge in [-0.15, -0.1) is 0 Å². The van der Waals surface area contributed by atoms with Gasteiger partial charge in [0, 0.05) is 10.6 Å². The number of anilines is 1. The first kappa shape index (κ1) is 17.9. The number of nitrogens with one attached hydrogen (secondary N) is 1. The molecule has 1 fully saturated rings. The van der Waals surface area contributed by atoms with E-state index in [1.807, 2.05) is 19.1 Å². The second-order valence-electron chi connectivity index (χ2n) is 5.54. The number of carbonyl (C=O) groups is 1. The van der Waals surface area contributed by atoms with Crippen molar-refractivity contribution >= 4 is 46.6 Å². The number of nitriles is 1. The van der Waals surface area contributed by atoms with Crippen LogP contribution in [0.25, 0.3) is 6.08 Å². The minimum atomic E-state index is -0.268. The van der Waals surface area contributed by atoms with Crippen LogP contribution in [0.1, 0.15) is 11.1 Å². The summed E-state index contributed by atoms with van der Waals surface area (Å²) < 4.78 is 5.40. The zero-order valence-electron chi connectivity index (χ0n) is 13.8. The lowest BCUT2D eigenvalue weighted by atomic mass is 10.1.